The van der Waals surface area contributed by atoms with Crippen molar-refractivity contribution in [1.29, 1.82) is 0 Å². The van der Waals surface area contributed by atoms with Crippen molar-refractivity contribution >= 4 is 22.9 Å². The summed E-state index contributed by atoms with van der Waals surface area (Å²) in [6.07, 6.45) is 0. The van der Waals surface area contributed by atoms with Gasteiger partial charge in [-0.3, -0.25) is 9.89 Å². The van der Waals surface area contributed by atoms with Gasteiger partial charge in [-0.05, 0) is 30.5 Å². The molecule has 1 aromatic carbocycles. The van der Waals surface area contributed by atoms with E-state index in [1.54, 1.807) is 6.92 Å². The first-order valence-electron chi connectivity index (χ1n) is 6.41. The third kappa shape index (κ3) is 2.50. The molecule has 112 valence electrons. The van der Waals surface area contributed by atoms with Gasteiger partial charge in [0.05, 0.1) is 11.4 Å². The van der Waals surface area contributed by atoms with Crippen molar-refractivity contribution in [3.8, 4) is 11.3 Å². The second-order valence-corrected chi connectivity index (χ2v) is 5.42. The van der Waals surface area contributed by atoms with Crippen molar-refractivity contribution in [2.75, 3.05) is 5.32 Å². The molecule has 3 aromatic rings. The number of thiophene rings is 1. The molecular formula is C15H11F2N3OS. The number of hydrogen-bond acceptors (Lipinski definition) is 3. The van der Waals surface area contributed by atoms with Crippen LogP contribution in [0.2, 0.25) is 0 Å². The lowest BCUT2D eigenvalue weighted by molar-refractivity contribution is 0.101. The Hall–Kier alpha value is -2.54. The van der Waals surface area contributed by atoms with Crippen molar-refractivity contribution in [1.82, 2.24) is 10.2 Å². The fourth-order valence-corrected chi connectivity index (χ4v) is 2.72. The first-order chi connectivity index (χ1) is 10.6. The van der Waals surface area contributed by atoms with Gasteiger partial charge in [-0.2, -0.15) is 16.4 Å². The van der Waals surface area contributed by atoms with Gasteiger partial charge in [0.15, 0.2) is 0 Å². The van der Waals surface area contributed by atoms with Gasteiger partial charge in [0.1, 0.15) is 22.9 Å². The van der Waals surface area contributed by atoms with E-state index in [4.69, 9.17) is 0 Å². The molecule has 2 aromatic heterocycles. The molecule has 0 saturated heterocycles. The Labute approximate surface area is 128 Å². The molecular weight excluding hydrogens is 308 g/mol. The van der Waals surface area contributed by atoms with Gasteiger partial charge in [0.25, 0.3) is 5.91 Å². The number of anilines is 1. The summed E-state index contributed by atoms with van der Waals surface area (Å²) in [5.74, 6) is -2.66. The Morgan fingerprint density at radius 1 is 1.27 bits per heavy atom. The molecule has 22 heavy (non-hydrogen) atoms. The van der Waals surface area contributed by atoms with Crippen LogP contribution in [0.3, 0.4) is 0 Å². The van der Waals surface area contributed by atoms with Crippen molar-refractivity contribution in [3.63, 3.8) is 0 Å². The summed E-state index contributed by atoms with van der Waals surface area (Å²) in [6, 6.07) is 5.14. The minimum atomic E-state index is -0.907. The zero-order valence-electron chi connectivity index (χ0n) is 11.5. The fourth-order valence-electron chi connectivity index (χ4n) is 2.08. The standard InChI is InChI=1S/C15H11F2N3OS/c1-8-13(14(20-19-8)9-5-6-22-7-9)18-15(21)12-10(16)3-2-4-11(12)17/h2-7H,1H3,(H,18,21)(H,19,20). The summed E-state index contributed by atoms with van der Waals surface area (Å²) in [5.41, 5.74) is 1.75. The molecule has 2 N–H and O–H groups in total. The highest BCUT2D eigenvalue weighted by Crippen LogP contribution is 2.30. The molecule has 0 aliphatic rings. The maximum atomic E-state index is 13.7. The minimum Gasteiger partial charge on any atom is -0.318 e. The number of aromatic nitrogens is 2. The summed E-state index contributed by atoms with van der Waals surface area (Å²) < 4.78 is 27.4. The van der Waals surface area contributed by atoms with E-state index >= 15 is 0 Å². The lowest BCUT2D eigenvalue weighted by atomic mass is 10.1. The number of carbonyl (C=O) groups is 1. The first-order valence-corrected chi connectivity index (χ1v) is 7.35. The molecule has 0 aliphatic carbocycles. The minimum absolute atomic E-state index is 0.408. The van der Waals surface area contributed by atoms with Crippen LogP contribution in [-0.4, -0.2) is 16.1 Å². The Morgan fingerprint density at radius 2 is 2.00 bits per heavy atom. The van der Waals surface area contributed by atoms with E-state index in [1.807, 2.05) is 16.8 Å². The number of amides is 1. The number of nitrogens with zero attached hydrogens (tertiary/aromatic N) is 1. The number of nitrogens with one attached hydrogen (secondary N) is 2. The number of carbonyl (C=O) groups excluding carboxylic acids is 1. The topological polar surface area (TPSA) is 57.8 Å². The van der Waals surface area contributed by atoms with Crippen molar-refractivity contribution < 1.29 is 13.6 Å². The molecule has 0 spiro atoms. The van der Waals surface area contributed by atoms with Gasteiger partial charge in [0.2, 0.25) is 0 Å². The fraction of sp³-hybridized carbons (Fsp3) is 0.0667. The lowest BCUT2D eigenvalue weighted by Gasteiger charge is -2.08. The van der Waals surface area contributed by atoms with E-state index < -0.39 is 23.1 Å². The summed E-state index contributed by atoms with van der Waals surface area (Å²) >= 11 is 1.49. The molecule has 0 saturated carbocycles. The maximum absolute atomic E-state index is 13.7. The van der Waals surface area contributed by atoms with Crippen LogP contribution in [0.1, 0.15) is 16.1 Å². The number of aromatic amines is 1. The third-order valence-corrected chi connectivity index (χ3v) is 3.85. The van der Waals surface area contributed by atoms with E-state index in [1.165, 1.54) is 17.4 Å². The quantitative estimate of drug-likeness (QED) is 0.767. The number of halogens is 2. The van der Waals surface area contributed by atoms with Gasteiger partial charge in [-0.1, -0.05) is 6.07 Å². The predicted molar refractivity (Wildman–Crippen MR) is 80.9 cm³/mol. The Morgan fingerprint density at radius 3 is 2.64 bits per heavy atom. The molecule has 1 amide bonds. The summed E-state index contributed by atoms with van der Waals surface area (Å²) in [4.78, 5) is 12.2. The van der Waals surface area contributed by atoms with E-state index in [0.717, 1.165) is 17.7 Å². The van der Waals surface area contributed by atoms with Gasteiger partial charge in [0, 0.05) is 10.9 Å². The van der Waals surface area contributed by atoms with E-state index in [-0.39, 0.29) is 0 Å². The molecule has 0 aliphatic heterocycles. The van der Waals surface area contributed by atoms with Crippen LogP contribution in [0.25, 0.3) is 11.3 Å². The van der Waals surface area contributed by atoms with Crippen LogP contribution in [0, 0.1) is 18.6 Å². The second kappa shape index (κ2) is 5.69. The number of aryl methyl sites for hydroxylation is 1. The number of benzene rings is 1. The highest BCUT2D eigenvalue weighted by atomic mass is 32.1. The lowest BCUT2D eigenvalue weighted by Crippen LogP contribution is -2.16. The number of hydrogen-bond donors (Lipinski definition) is 2. The summed E-state index contributed by atoms with van der Waals surface area (Å²) in [7, 11) is 0. The molecule has 2 heterocycles. The SMILES string of the molecule is Cc1[nH]nc(-c2ccsc2)c1NC(=O)c1c(F)cccc1F. The smallest absolute Gasteiger partial charge is 0.261 e. The van der Waals surface area contributed by atoms with Crippen LogP contribution in [0.4, 0.5) is 14.5 Å². The van der Waals surface area contributed by atoms with E-state index in [0.29, 0.717) is 17.1 Å². The Kier molecular flexibility index (Phi) is 3.72. The van der Waals surface area contributed by atoms with Crippen LogP contribution < -0.4 is 5.32 Å². The maximum Gasteiger partial charge on any atom is 0.261 e. The van der Waals surface area contributed by atoms with Crippen LogP contribution >= 0.6 is 11.3 Å². The molecule has 0 unspecified atom stereocenters. The number of H-pyrrole nitrogens is 1. The van der Waals surface area contributed by atoms with Gasteiger partial charge in [-0.15, -0.1) is 0 Å². The van der Waals surface area contributed by atoms with E-state index in [9.17, 15) is 13.6 Å². The summed E-state index contributed by atoms with van der Waals surface area (Å²) in [6.45, 7) is 1.72. The summed E-state index contributed by atoms with van der Waals surface area (Å²) in [5, 5.41) is 13.2. The Bertz CT molecular complexity index is 807. The normalized spacial score (nSPS) is 10.7. The molecule has 3 rings (SSSR count). The first kappa shape index (κ1) is 14.4. The number of rotatable bonds is 3. The monoisotopic (exact) mass is 319 g/mol. The van der Waals surface area contributed by atoms with Crippen LogP contribution in [-0.2, 0) is 0 Å². The third-order valence-electron chi connectivity index (χ3n) is 3.17. The van der Waals surface area contributed by atoms with Crippen LogP contribution in [0.5, 0.6) is 0 Å². The van der Waals surface area contributed by atoms with E-state index in [2.05, 4.69) is 15.5 Å². The van der Waals surface area contributed by atoms with Crippen LogP contribution in [0.15, 0.2) is 35.0 Å². The molecule has 0 atom stereocenters. The molecule has 0 bridgehead atoms. The molecule has 0 radical (unpaired) electrons. The zero-order valence-corrected chi connectivity index (χ0v) is 12.3. The average Bonchev–Trinajstić information content (AvgIpc) is 3.10. The molecule has 0 fully saturated rings. The Balaban J connectivity index is 1.97. The average molecular weight is 319 g/mol. The molecule has 4 nitrogen and oxygen atoms in total. The predicted octanol–water partition coefficient (Wildman–Crippen LogP) is 3.98. The highest BCUT2D eigenvalue weighted by molar-refractivity contribution is 7.08. The zero-order chi connectivity index (χ0) is 15.7. The van der Waals surface area contributed by atoms with Gasteiger partial charge < -0.3 is 5.32 Å². The van der Waals surface area contributed by atoms with Gasteiger partial charge in [-0.25, -0.2) is 8.78 Å². The second-order valence-electron chi connectivity index (χ2n) is 4.64. The van der Waals surface area contributed by atoms with Crippen molar-refractivity contribution in [2.24, 2.45) is 0 Å². The van der Waals surface area contributed by atoms with Crippen molar-refractivity contribution in [2.45, 2.75) is 6.92 Å². The largest absolute Gasteiger partial charge is 0.318 e. The van der Waals surface area contributed by atoms with Crippen molar-refractivity contribution in [3.05, 3.63) is 57.9 Å². The van der Waals surface area contributed by atoms with Gasteiger partial charge >= 0.3 is 0 Å². The molecule has 7 heteroatoms. The highest BCUT2D eigenvalue weighted by Gasteiger charge is 2.21.